The van der Waals surface area contributed by atoms with Crippen LogP contribution in [0.5, 0.6) is 28.7 Å². The van der Waals surface area contributed by atoms with Crippen LogP contribution in [0.1, 0.15) is 94.7 Å². The van der Waals surface area contributed by atoms with Crippen LogP contribution in [0.2, 0.25) is 0 Å². The Morgan fingerprint density at radius 1 is 0.287 bits per heavy atom. The van der Waals surface area contributed by atoms with E-state index in [4.69, 9.17) is 113 Å². The molecule has 14 aromatic rings. The van der Waals surface area contributed by atoms with Gasteiger partial charge in [0.05, 0.1) is 16.7 Å². The molecule has 1 amide bonds. The van der Waals surface area contributed by atoms with Crippen LogP contribution in [0, 0.1) is 5.41 Å². The Labute approximate surface area is 783 Å². The number of carbonyl (C=O) groups is 7. The summed E-state index contributed by atoms with van der Waals surface area (Å²) in [5.74, 6) is -1.33. The molecule has 0 spiro atoms. The zero-order chi connectivity index (χ0) is 98.5. The first-order chi connectivity index (χ1) is 65.0. The van der Waals surface area contributed by atoms with Crippen molar-refractivity contribution in [3.63, 3.8) is 0 Å². The quantitative estimate of drug-likeness (QED) is 0.00568. The van der Waals surface area contributed by atoms with E-state index in [1.807, 2.05) is 72.8 Å². The van der Waals surface area contributed by atoms with Gasteiger partial charge in [0.2, 0.25) is 6.79 Å². The maximum Gasteiger partial charge on any atom is 0.400 e. The zero-order valence-corrected chi connectivity index (χ0v) is 74.1. The number of halogens is 3. The highest BCUT2D eigenvalue weighted by atomic mass is 19.4. The Morgan fingerprint density at radius 2 is 0.537 bits per heavy atom. The number of ketones is 1. The van der Waals surface area contributed by atoms with Gasteiger partial charge in [-0.3, -0.25) is 19.2 Å². The molecular formula is C103H107F3N16O14. The van der Waals surface area contributed by atoms with E-state index in [2.05, 4.69) is 10.6 Å². The van der Waals surface area contributed by atoms with E-state index >= 15 is 0 Å². The zero-order valence-electron chi connectivity index (χ0n) is 74.1. The molecule has 33 heteroatoms. The van der Waals surface area contributed by atoms with Gasteiger partial charge in [-0.05, 0) is 340 Å². The van der Waals surface area contributed by atoms with Gasteiger partial charge in [-0.1, -0.05) is 36.4 Å². The molecule has 0 bridgehead atoms. The number of benzene rings is 14. The molecule has 0 aromatic heterocycles. The number of ether oxygens (including phenoxy) is 7. The highest BCUT2D eigenvalue weighted by Gasteiger charge is 2.53. The highest BCUT2D eigenvalue weighted by molar-refractivity contribution is 6.04. The summed E-state index contributed by atoms with van der Waals surface area (Å²) in [5, 5.41) is 6.14. The van der Waals surface area contributed by atoms with Crippen molar-refractivity contribution in [2.24, 2.45) is 5.41 Å². The minimum absolute atomic E-state index is 0.162. The van der Waals surface area contributed by atoms with E-state index in [0.717, 1.165) is 55.5 Å². The second kappa shape index (κ2) is 52.7. The normalized spacial score (nSPS) is 10.4. The second-order valence-electron chi connectivity index (χ2n) is 30.3. The number of nitrogens with two attached hydrogens (primary N) is 14. The fourth-order valence-corrected chi connectivity index (χ4v) is 11.2. The minimum atomic E-state index is -4.49. The standard InChI is InChI=1S/C17H19F3N2O2.C16H18N2O.2C15H14N2O4.C14H17N3.C13H13N3O.C13H12N2O2/c1-16(17(18,19)20,10-23-14-6-2-12(21)3-7-14)11-24-15-8-4-13(22)5-9-15;17-14-8-4-12(5-9-14)2-1-3-16(19)13-6-10-15(18)11-7-13;16-12-5-1-10(2-6-12)14(18)20-9-21-15(19)11-3-7-13(17)8-4-11;16-10-1-5-12(6-2-10)20-14(18)9-15(19)21-13-7-3-11(17)4-8-13;15-13-5-1-11(2-6-13)9-17-10-12-3-7-14(16)8-4-12;14-10-3-1-9(2-4-10)13(17)16-12-7-5-11(15)6-8-12;14-10-3-1-9(2-4-10)13(16)17-12-7-5-11(15)6-8-12/h2-9H,10-11,21-22H2,1H3;4-11H,1-3,17-18H2;2*1-8H,9,16-17H2;1-8,17H,9-10,15-16H2;1-8H,14-15H2,(H,16,17);1-8H,14-15H2. The molecule has 704 valence electrons. The molecule has 14 rings (SSSR count). The van der Waals surface area contributed by atoms with Crippen molar-refractivity contribution in [3.05, 3.63) is 384 Å². The lowest BCUT2D eigenvalue weighted by atomic mass is 9.92. The van der Waals surface area contributed by atoms with Crippen LogP contribution in [0.15, 0.2) is 340 Å². The molecule has 0 unspecified atom stereocenters. The van der Waals surface area contributed by atoms with Gasteiger partial charge in [0.15, 0.2) is 5.78 Å². The van der Waals surface area contributed by atoms with E-state index in [0.29, 0.717) is 126 Å². The van der Waals surface area contributed by atoms with Crippen LogP contribution in [-0.2, 0) is 38.6 Å². The molecule has 0 fully saturated rings. The molecule has 0 aliphatic carbocycles. The predicted molar refractivity (Wildman–Crippen MR) is 529 cm³/mol. The van der Waals surface area contributed by atoms with Gasteiger partial charge >= 0.3 is 36.0 Å². The van der Waals surface area contributed by atoms with Gasteiger partial charge in [0.1, 0.15) is 53.8 Å². The van der Waals surface area contributed by atoms with Crippen LogP contribution < -0.4 is 115 Å². The Morgan fingerprint density at radius 3 is 0.846 bits per heavy atom. The topological polar surface area (TPSA) is 572 Å². The molecule has 14 aromatic carbocycles. The number of nitrogen functional groups attached to an aromatic ring is 14. The maximum absolute atomic E-state index is 13.4. The highest BCUT2D eigenvalue weighted by Crippen LogP contribution is 2.39. The molecule has 0 saturated heterocycles. The Bertz CT molecular complexity index is 5780. The van der Waals surface area contributed by atoms with Gasteiger partial charge in [-0.15, -0.1) is 0 Å². The molecule has 30 nitrogen and oxygen atoms in total. The van der Waals surface area contributed by atoms with Crippen molar-refractivity contribution < 1.29 is 79.9 Å². The van der Waals surface area contributed by atoms with Crippen molar-refractivity contribution >= 4 is 127 Å². The number of nitrogens with one attached hydrogen (secondary N) is 2. The van der Waals surface area contributed by atoms with Crippen LogP contribution in [0.25, 0.3) is 0 Å². The van der Waals surface area contributed by atoms with E-state index in [1.165, 1.54) is 65.2 Å². The van der Waals surface area contributed by atoms with E-state index in [9.17, 15) is 46.7 Å². The molecule has 0 atom stereocenters. The molecule has 136 heavy (non-hydrogen) atoms. The van der Waals surface area contributed by atoms with E-state index in [1.54, 1.807) is 218 Å². The van der Waals surface area contributed by atoms with E-state index in [-0.39, 0.29) is 11.7 Å². The first-order valence-corrected chi connectivity index (χ1v) is 41.8. The Balaban J connectivity index is 0.000000196. The lowest BCUT2D eigenvalue weighted by Crippen LogP contribution is -2.45. The summed E-state index contributed by atoms with van der Waals surface area (Å²) in [4.78, 5) is 81.9. The average Bonchev–Trinajstić information content (AvgIpc) is 0.809. The summed E-state index contributed by atoms with van der Waals surface area (Å²) in [6.07, 6.45) is -2.70. The fraction of sp³-hybridized carbons (Fsp3) is 0.117. The number of hydrogen-bond donors (Lipinski definition) is 16. The molecule has 0 aliphatic heterocycles. The molecule has 0 saturated carbocycles. The molecule has 0 aliphatic rings. The van der Waals surface area contributed by atoms with Crippen molar-refractivity contribution in [3.8, 4) is 28.7 Å². The number of carbonyl (C=O) groups excluding carboxylic acids is 7. The summed E-state index contributed by atoms with van der Waals surface area (Å²) >= 11 is 0. The fourth-order valence-electron chi connectivity index (χ4n) is 11.2. The first-order valence-electron chi connectivity index (χ1n) is 41.8. The third-order valence-electron chi connectivity index (χ3n) is 19.0. The van der Waals surface area contributed by atoms with Crippen LogP contribution in [0.4, 0.5) is 98.5 Å². The van der Waals surface area contributed by atoms with Crippen molar-refractivity contribution in [2.45, 2.75) is 51.9 Å². The minimum Gasteiger partial charge on any atom is -0.493 e. The second-order valence-corrected chi connectivity index (χ2v) is 30.3. The number of hydrogen-bond acceptors (Lipinski definition) is 29. The third kappa shape index (κ3) is 38.0. The number of amides is 1. The number of anilines is 15. The average molecular weight is 1850 g/mol. The summed E-state index contributed by atoms with van der Waals surface area (Å²) < 4.78 is 75.7. The summed E-state index contributed by atoms with van der Waals surface area (Å²) in [7, 11) is 0. The van der Waals surface area contributed by atoms with Crippen LogP contribution in [0.3, 0.4) is 0 Å². The lowest BCUT2D eigenvalue weighted by Gasteiger charge is -2.31. The third-order valence-corrected chi connectivity index (χ3v) is 19.0. The molecular weight excluding hydrogens is 1740 g/mol. The van der Waals surface area contributed by atoms with Gasteiger partial charge in [-0.2, -0.15) is 13.2 Å². The smallest absolute Gasteiger partial charge is 0.400 e. The number of Topliss-reactive ketones (excluding diaryl/α,β-unsaturated/α-hetero) is 1. The van der Waals surface area contributed by atoms with Gasteiger partial charge in [0, 0.05) is 116 Å². The van der Waals surface area contributed by atoms with Crippen molar-refractivity contribution in [1.82, 2.24) is 5.32 Å². The van der Waals surface area contributed by atoms with Crippen molar-refractivity contribution in [1.29, 1.82) is 0 Å². The molecule has 30 N–H and O–H groups in total. The SMILES string of the molecule is CC(COc1ccc(N)cc1)(COc1ccc(N)cc1)C(F)(F)F.Nc1ccc(C(=O)OCOC(=O)c2ccc(N)cc2)cc1.Nc1ccc(CCCC(=O)c2ccc(N)cc2)cc1.Nc1ccc(CNCc2ccc(N)cc2)cc1.Nc1ccc(NC(=O)c2ccc(N)cc2)cc1.Nc1ccc(OC(=O)CC(=O)Oc2ccc(N)cc2)cc1.Nc1ccc(OC(=O)c2ccc(N)cc2)cc1. The monoisotopic (exact) mass is 1850 g/mol. The predicted octanol–water partition coefficient (Wildman–Crippen LogP) is 16.8. The Hall–Kier alpha value is -17.9. The number of esters is 5. The number of alkyl halides is 3. The number of rotatable bonds is 27. The number of aryl methyl sites for hydroxylation is 1. The van der Waals surface area contributed by atoms with E-state index < -0.39 is 67.9 Å². The lowest BCUT2D eigenvalue weighted by molar-refractivity contribution is -0.235. The van der Waals surface area contributed by atoms with Gasteiger partial charge < -0.3 is 124 Å². The summed E-state index contributed by atoms with van der Waals surface area (Å²) in [6, 6.07) is 94.8. The molecule has 0 radical (unpaired) electrons. The van der Waals surface area contributed by atoms with Crippen LogP contribution in [-0.4, -0.2) is 67.7 Å². The van der Waals surface area contributed by atoms with Gasteiger partial charge in [-0.25, -0.2) is 14.4 Å². The van der Waals surface area contributed by atoms with Crippen LogP contribution >= 0.6 is 0 Å². The Kier molecular flexibility index (Phi) is 40.1. The maximum atomic E-state index is 13.4. The van der Waals surface area contributed by atoms with Gasteiger partial charge in [0.25, 0.3) is 5.91 Å². The first kappa shape index (κ1) is 103. The molecule has 0 heterocycles. The summed E-state index contributed by atoms with van der Waals surface area (Å²) in [5.41, 5.74) is 91.1. The van der Waals surface area contributed by atoms with Crippen molar-refractivity contribution in [2.75, 3.05) is 106 Å². The summed E-state index contributed by atoms with van der Waals surface area (Å²) in [6.45, 7) is 1.12. The largest absolute Gasteiger partial charge is 0.493 e.